The summed E-state index contributed by atoms with van der Waals surface area (Å²) < 4.78 is 15.6. The molecule has 0 spiro atoms. The summed E-state index contributed by atoms with van der Waals surface area (Å²) in [5, 5.41) is 9.90. The van der Waals surface area contributed by atoms with Crippen molar-refractivity contribution in [2.24, 2.45) is 0 Å². The van der Waals surface area contributed by atoms with E-state index in [1.165, 1.54) is 6.08 Å². The first kappa shape index (κ1) is 19.1. The van der Waals surface area contributed by atoms with E-state index in [-0.39, 0.29) is 5.75 Å². The van der Waals surface area contributed by atoms with Gasteiger partial charge in [-0.15, -0.1) is 0 Å². The maximum atomic E-state index is 11.6. The minimum absolute atomic E-state index is 0.188. The summed E-state index contributed by atoms with van der Waals surface area (Å²) in [6, 6.07) is 10.6. The smallest absolute Gasteiger partial charge is 0.330 e. The van der Waals surface area contributed by atoms with Crippen LogP contribution in [-0.2, 0) is 9.53 Å². The number of hydrogen-bond donors (Lipinski definition) is 1. The molecule has 0 heterocycles. The summed E-state index contributed by atoms with van der Waals surface area (Å²) in [5.74, 6) is 0.888. The van der Waals surface area contributed by atoms with Gasteiger partial charge in [-0.25, -0.2) is 4.79 Å². The van der Waals surface area contributed by atoms with Gasteiger partial charge in [-0.2, -0.15) is 0 Å². The van der Waals surface area contributed by atoms with Gasteiger partial charge in [0.2, 0.25) is 0 Å². The van der Waals surface area contributed by atoms with Crippen LogP contribution in [0.5, 0.6) is 17.2 Å². The molecule has 0 aliphatic rings. The van der Waals surface area contributed by atoms with E-state index in [1.807, 2.05) is 12.1 Å². The lowest BCUT2D eigenvalue weighted by Gasteiger charge is -2.11. The normalized spacial score (nSPS) is 11.0. The zero-order valence-electron chi connectivity index (χ0n) is 15.1. The number of aromatic hydroxyl groups is 1. The van der Waals surface area contributed by atoms with Gasteiger partial charge in [0.15, 0.2) is 11.5 Å². The largest absolute Gasteiger partial charge is 0.507 e. The Kier molecular flexibility index (Phi) is 6.85. The molecule has 26 heavy (non-hydrogen) atoms. The van der Waals surface area contributed by atoms with Crippen LogP contribution < -0.4 is 9.47 Å². The molecule has 0 unspecified atom stereocenters. The van der Waals surface area contributed by atoms with Gasteiger partial charge in [-0.1, -0.05) is 30.4 Å². The molecular weight excluding hydrogens is 332 g/mol. The van der Waals surface area contributed by atoms with Gasteiger partial charge in [-0.05, 0) is 42.3 Å². The molecular formula is C21H22O5. The first-order valence-corrected chi connectivity index (χ1v) is 8.16. The third-order valence-corrected chi connectivity index (χ3v) is 3.65. The molecule has 2 aromatic rings. The number of carbonyl (C=O) groups is 1. The third-order valence-electron chi connectivity index (χ3n) is 3.65. The van der Waals surface area contributed by atoms with Crippen molar-refractivity contribution in [3.05, 3.63) is 59.2 Å². The average Bonchev–Trinajstić information content (AvgIpc) is 2.65. The van der Waals surface area contributed by atoms with Gasteiger partial charge >= 0.3 is 5.97 Å². The van der Waals surface area contributed by atoms with E-state index in [0.717, 1.165) is 11.1 Å². The fourth-order valence-corrected chi connectivity index (χ4v) is 2.36. The van der Waals surface area contributed by atoms with Crippen molar-refractivity contribution in [1.29, 1.82) is 0 Å². The summed E-state index contributed by atoms with van der Waals surface area (Å²) >= 11 is 0. The summed E-state index contributed by atoms with van der Waals surface area (Å²) in [4.78, 5) is 11.6. The van der Waals surface area contributed by atoms with Gasteiger partial charge in [0.1, 0.15) is 5.75 Å². The molecule has 2 aromatic carbocycles. The first-order valence-electron chi connectivity index (χ1n) is 8.16. The van der Waals surface area contributed by atoms with Crippen molar-refractivity contribution in [3.8, 4) is 17.2 Å². The van der Waals surface area contributed by atoms with Crippen LogP contribution in [-0.4, -0.2) is 31.9 Å². The molecule has 5 nitrogen and oxygen atoms in total. The van der Waals surface area contributed by atoms with Gasteiger partial charge in [0.05, 0.1) is 20.8 Å². The summed E-state index contributed by atoms with van der Waals surface area (Å²) in [6.45, 7) is 2.07. The van der Waals surface area contributed by atoms with Crippen molar-refractivity contribution < 1.29 is 24.1 Å². The summed E-state index contributed by atoms with van der Waals surface area (Å²) in [6.07, 6.45) is 6.65. The lowest BCUT2D eigenvalue weighted by molar-refractivity contribution is -0.137. The minimum atomic E-state index is -0.419. The number of phenolic OH excluding ortho intramolecular Hbond substituents is 1. The molecule has 0 saturated heterocycles. The number of ether oxygens (including phenoxy) is 3. The Bertz CT molecular complexity index is 821. The summed E-state index contributed by atoms with van der Waals surface area (Å²) in [5.41, 5.74) is 2.23. The predicted molar refractivity (Wildman–Crippen MR) is 102 cm³/mol. The molecule has 0 radical (unpaired) electrons. The van der Waals surface area contributed by atoms with Crippen molar-refractivity contribution >= 4 is 24.2 Å². The number of esters is 1. The minimum Gasteiger partial charge on any atom is -0.507 e. The number of hydrogen-bond acceptors (Lipinski definition) is 5. The highest BCUT2D eigenvalue weighted by Crippen LogP contribution is 2.32. The number of rotatable bonds is 7. The van der Waals surface area contributed by atoms with Crippen LogP contribution in [0.3, 0.4) is 0 Å². The van der Waals surface area contributed by atoms with Gasteiger partial charge in [0.25, 0.3) is 0 Å². The van der Waals surface area contributed by atoms with Gasteiger partial charge in [-0.3, -0.25) is 0 Å². The Balaban J connectivity index is 2.44. The number of carbonyl (C=O) groups excluding carboxylic acids is 1. The second kappa shape index (κ2) is 9.32. The highest BCUT2D eigenvalue weighted by molar-refractivity contribution is 5.89. The average molecular weight is 354 g/mol. The molecule has 0 aromatic heterocycles. The van der Waals surface area contributed by atoms with Crippen LogP contribution in [0.1, 0.15) is 23.6 Å². The Morgan fingerprint density at radius 3 is 2.12 bits per heavy atom. The molecule has 0 fully saturated rings. The van der Waals surface area contributed by atoms with Crippen LogP contribution in [0, 0.1) is 0 Å². The third kappa shape index (κ3) is 4.89. The molecule has 0 bridgehead atoms. The highest BCUT2D eigenvalue weighted by atomic mass is 16.5. The SMILES string of the molecule is CCOC(=O)/C=C/c1cc(OC)c(OC)cc1/C=C/c1ccccc1O. The molecule has 2 rings (SSSR count). The number of phenols is 1. The van der Waals surface area contributed by atoms with E-state index in [1.54, 1.807) is 63.6 Å². The molecule has 0 saturated carbocycles. The zero-order chi connectivity index (χ0) is 18.9. The highest BCUT2D eigenvalue weighted by Gasteiger charge is 2.09. The molecule has 136 valence electrons. The van der Waals surface area contributed by atoms with Crippen LogP contribution in [0.4, 0.5) is 0 Å². The van der Waals surface area contributed by atoms with Crippen LogP contribution in [0.2, 0.25) is 0 Å². The molecule has 5 heteroatoms. The molecule has 0 amide bonds. The molecule has 1 N–H and O–H groups in total. The van der Waals surface area contributed by atoms with Crippen LogP contribution in [0.15, 0.2) is 42.5 Å². The predicted octanol–water partition coefficient (Wildman–Crippen LogP) is 4.16. The standard InChI is InChI=1S/C21H22O5/c1-4-26-21(23)12-11-17-14-20(25-3)19(24-2)13-16(17)10-9-15-7-5-6-8-18(15)22/h5-14,22H,4H2,1-3H3/b10-9+,12-11+. The Morgan fingerprint density at radius 1 is 0.962 bits per heavy atom. The number of para-hydroxylation sites is 1. The number of methoxy groups -OCH3 is 2. The Hall–Kier alpha value is -3.21. The van der Waals surface area contributed by atoms with Gasteiger partial charge in [0, 0.05) is 11.6 Å². The molecule has 0 atom stereocenters. The maximum absolute atomic E-state index is 11.6. The lowest BCUT2D eigenvalue weighted by Crippen LogP contribution is -1.99. The quantitative estimate of drug-likeness (QED) is 0.459. The lowest BCUT2D eigenvalue weighted by atomic mass is 10.0. The molecule has 0 aliphatic heterocycles. The van der Waals surface area contributed by atoms with Crippen molar-refractivity contribution in [3.63, 3.8) is 0 Å². The van der Waals surface area contributed by atoms with E-state index in [0.29, 0.717) is 23.7 Å². The second-order valence-electron chi connectivity index (χ2n) is 5.31. The van der Waals surface area contributed by atoms with Crippen LogP contribution >= 0.6 is 0 Å². The summed E-state index contributed by atoms with van der Waals surface area (Å²) in [7, 11) is 3.11. The van der Waals surface area contributed by atoms with E-state index >= 15 is 0 Å². The molecule has 0 aliphatic carbocycles. The second-order valence-corrected chi connectivity index (χ2v) is 5.31. The van der Waals surface area contributed by atoms with Crippen LogP contribution in [0.25, 0.3) is 18.2 Å². The zero-order valence-corrected chi connectivity index (χ0v) is 15.1. The van der Waals surface area contributed by atoms with E-state index < -0.39 is 5.97 Å². The maximum Gasteiger partial charge on any atom is 0.330 e. The van der Waals surface area contributed by atoms with Gasteiger partial charge < -0.3 is 19.3 Å². The first-order chi connectivity index (χ1) is 12.6. The monoisotopic (exact) mass is 354 g/mol. The fraction of sp³-hybridized carbons (Fsp3) is 0.190. The van der Waals surface area contributed by atoms with E-state index in [4.69, 9.17) is 14.2 Å². The fourth-order valence-electron chi connectivity index (χ4n) is 2.36. The van der Waals surface area contributed by atoms with E-state index in [9.17, 15) is 9.90 Å². The van der Waals surface area contributed by atoms with Crippen molar-refractivity contribution in [2.45, 2.75) is 6.92 Å². The van der Waals surface area contributed by atoms with Crippen molar-refractivity contribution in [2.75, 3.05) is 20.8 Å². The van der Waals surface area contributed by atoms with E-state index in [2.05, 4.69) is 0 Å². The number of benzene rings is 2. The Labute approximate surface area is 153 Å². The Morgan fingerprint density at radius 2 is 1.54 bits per heavy atom. The van der Waals surface area contributed by atoms with Crippen molar-refractivity contribution in [1.82, 2.24) is 0 Å². The topological polar surface area (TPSA) is 65.0 Å².